The first kappa shape index (κ1) is 84.4. The highest BCUT2D eigenvalue weighted by Crippen LogP contribution is 2.52. The van der Waals surface area contributed by atoms with E-state index in [2.05, 4.69) is 312 Å². The second-order valence-electron chi connectivity index (χ2n) is 38.3. The van der Waals surface area contributed by atoms with Crippen LogP contribution in [0.15, 0.2) is 509 Å². The molecule has 0 N–H and O–H groups in total. The van der Waals surface area contributed by atoms with Crippen LogP contribution in [0.3, 0.4) is 0 Å². The summed E-state index contributed by atoms with van der Waals surface area (Å²) in [6.45, 7) is 0. The lowest BCUT2D eigenvalue weighted by molar-refractivity contribution is 0.623. The number of rotatable bonds is 12. The van der Waals surface area contributed by atoms with E-state index in [9.17, 15) is 0 Å². The molecule has 0 amide bonds. The predicted octanol–water partition coefficient (Wildman–Crippen LogP) is 39.7. The summed E-state index contributed by atoms with van der Waals surface area (Å²) in [5, 5.41) is 26.7. The van der Waals surface area contributed by atoms with Gasteiger partial charge < -0.3 is 50.0 Å². The maximum Gasteiger partial charge on any atom is 0.227 e. The molecule has 0 spiro atoms. The van der Waals surface area contributed by atoms with E-state index in [1.54, 1.807) is 0 Å². The number of thiophene rings is 1. The van der Waals surface area contributed by atoms with E-state index in [4.69, 9.17) is 50.3 Å². The number of oxazole rings is 3. The van der Waals surface area contributed by atoms with Crippen molar-refractivity contribution in [2.75, 3.05) is 14.7 Å². The molecule has 702 valence electrons. The van der Waals surface area contributed by atoms with E-state index in [-0.39, 0.29) is 0 Å². The zero-order valence-electron chi connectivity index (χ0n) is 79.9. The van der Waals surface area contributed by atoms with E-state index >= 15 is 0 Å². The van der Waals surface area contributed by atoms with Gasteiger partial charge in [0.15, 0.2) is 22.3 Å². The van der Waals surface area contributed by atoms with Crippen LogP contribution in [0.25, 0.3) is 262 Å². The molecule has 0 fully saturated rings. The molecule has 9 heterocycles. The molecular formula is C135H78N6O8S. The lowest BCUT2D eigenvalue weighted by atomic mass is 10.00. The summed E-state index contributed by atoms with van der Waals surface area (Å²) in [6, 6.07) is 165. The van der Waals surface area contributed by atoms with E-state index in [0.29, 0.717) is 17.7 Å². The highest BCUT2D eigenvalue weighted by Gasteiger charge is 2.28. The molecule has 33 aromatic rings. The third kappa shape index (κ3) is 13.8. The molecule has 0 atom stereocenters. The monoisotopic (exact) mass is 1940 g/mol. The summed E-state index contributed by atoms with van der Waals surface area (Å²) in [5.74, 6) is 1.87. The summed E-state index contributed by atoms with van der Waals surface area (Å²) in [5.41, 5.74) is 25.6. The van der Waals surface area contributed by atoms with Crippen LogP contribution in [0.5, 0.6) is 0 Å². The first-order valence-corrected chi connectivity index (χ1v) is 50.9. The predicted molar refractivity (Wildman–Crippen MR) is 617 cm³/mol. The Bertz CT molecular complexity index is 11200. The molecule has 14 nitrogen and oxygen atoms in total. The summed E-state index contributed by atoms with van der Waals surface area (Å²) in [7, 11) is 0. The summed E-state index contributed by atoms with van der Waals surface area (Å²) in [4.78, 5) is 21.5. The minimum atomic E-state index is 0.619. The number of anilines is 9. The Morgan fingerprint density at radius 1 is 0.160 bits per heavy atom. The number of aromatic nitrogens is 3. The standard InChI is InChI=1S/2C45H26N2O3.C45H26N2O2S/c1-2-9-28(10-3-1)45-46-37-23-19-27-17-18-29-25-30(20-22-32(29)42(27)44(37)50-45)47(31-21-24-41-36(26-31)34-12-5-6-15-39(34)48-41)38-14-8-13-35-33-11-4-7-16-40(33)49-43(35)38;1-2-8-28(9-3-1)45-46-38-23-16-27-14-15-29-24-30(17-20-33(29)43(27)44(38)50-45)47(31-18-21-36-34-10-4-6-12-39(34)48-41(36)25-31)32-19-22-37-35-11-5-7-13-40(35)49-42(37)26-32;1-2-8-28(9-3-1)45-46-38-22-16-27-14-15-29-24-30(17-20-33(29)43(27)44(38)49-45)47(31-19-23-40-37(25-31)34-10-4-6-12-39(34)48-40)32-18-21-36-35-11-5-7-13-41(35)50-42(36)26-32/h3*1-26H. The Kier molecular flexibility index (Phi) is 19.0. The molecule has 150 heavy (non-hydrogen) atoms. The molecule has 0 aliphatic rings. The van der Waals surface area contributed by atoms with Crippen molar-refractivity contribution in [1.82, 2.24) is 15.0 Å². The van der Waals surface area contributed by atoms with Crippen LogP contribution in [0.1, 0.15) is 0 Å². The van der Waals surface area contributed by atoms with Gasteiger partial charge in [-0.1, -0.05) is 255 Å². The maximum absolute atomic E-state index is 6.60. The van der Waals surface area contributed by atoms with Crippen molar-refractivity contribution in [3.63, 3.8) is 0 Å². The topological polar surface area (TPSA) is 154 Å². The molecule has 24 aromatic carbocycles. The van der Waals surface area contributed by atoms with Gasteiger partial charge in [-0.15, -0.1) is 11.3 Å². The minimum absolute atomic E-state index is 0.619. The Balaban J connectivity index is 0.000000101. The molecule has 0 bridgehead atoms. The van der Waals surface area contributed by atoms with Crippen molar-refractivity contribution < 1.29 is 35.3 Å². The third-order valence-corrected chi connectivity index (χ3v) is 30.7. The Hall–Kier alpha value is -20.1. The molecule has 0 saturated carbocycles. The summed E-state index contributed by atoms with van der Waals surface area (Å²) < 4.78 is 53.8. The maximum atomic E-state index is 6.60. The van der Waals surface area contributed by atoms with Gasteiger partial charge in [-0.3, -0.25) is 0 Å². The quantitative estimate of drug-likeness (QED) is 0.107. The van der Waals surface area contributed by atoms with Gasteiger partial charge in [-0.2, -0.15) is 0 Å². The van der Waals surface area contributed by atoms with Crippen molar-refractivity contribution in [2.45, 2.75) is 0 Å². The van der Waals surface area contributed by atoms with Crippen LogP contribution in [-0.2, 0) is 0 Å². The van der Waals surface area contributed by atoms with Gasteiger partial charge in [0.1, 0.15) is 66.8 Å². The van der Waals surface area contributed by atoms with Crippen LogP contribution in [0.2, 0.25) is 0 Å². The number of nitrogens with zero attached hydrogens (tertiary/aromatic N) is 6. The van der Waals surface area contributed by atoms with Crippen LogP contribution < -0.4 is 14.7 Å². The average Bonchev–Trinajstić information content (AvgIpc) is 1.39. The highest BCUT2D eigenvalue weighted by molar-refractivity contribution is 7.25. The Labute approximate surface area is 856 Å². The number of benzene rings is 24. The molecule has 9 aromatic heterocycles. The Morgan fingerprint density at radius 2 is 0.447 bits per heavy atom. The van der Waals surface area contributed by atoms with Crippen LogP contribution in [-0.4, -0.2) is 15.0 Å². The SMILES string of the molecule is c1ccc(-c2nc3ccc4ccc5cc(N(c6ccc7c(c6)oc6ccccc67)c6ccc7c(c6)oc6ccccc67)ccc5c4c3o2)cc1.c1ccc(-c2nc3ccc4ccc5cc(N(c6ccc7c(c6)sc6ccccc67)c6ccc7oc8ccccc8c7c6)ccc5c4c3o2)cc1.c1ccc(-c2nc3ccc4ccc5cc(N(c6ccc7oc8ccccc8c7c6)c6cccc7c6oc6ccccc67)ccc5c4c3o2)cc1. The lowest BCUT2D eigenvalue weighted by Gasteiger charge is -2.26. The highest BCUT2D eigenvalue weighted by atomic mass is 32.1. The van der Waals surface area contributed by atoms with Crippen molar-refractivity contribution in [3.8, 4) is 34.4 Å². The first-order chi connectivity index (χ1) is 74.3. The zero-order chi connectivity index (χ0) is 98.3. The molecule has 0 saturated heterocycles. The number of para-hydroxylation sites is 6. The van der Waals surface area contributed by atoms with Crippen LogP contribution in [0.4, 0.5) is 51.2 Å². The first-order valence-electron chi connectivity index (χ1n) is 50.1. The molecule has 0 aliphatic heterocycles. The fourth-order valence-electron chi connectivity index (χ4n) is 22.6. The lowest BCUT2D eigenvalue weighted by Crippen LogP contribution is -2.10. The molecule has 33 rings (SSSR count). The summed E-state index contributed by atoms with van der Waals surface area (Å²) in [6.07, 6.45) is 0. The average molecular weight is 1940 g/mol. The molecular weight excluding hydrogens is 1870 g/mol. The molecule has 15 heteroatoms. The largest absolute Gasteiger partial charge is 0.456 e. The van der Waals surface area contributed by atoms with Gasteiger partial charge in [-0.05, 0) is 255 Å². The Morgan fingerprint density at radius 3 is 0.880 bits per heavy atom. The number of hydrogen-bond donors (Lipinski definition) is 0. The van der Waals surface area contributed by atoms with Crippen LogP contribution >= 0.6 is 11.3 Å². The van der Waals surface area contributed by atoms with Crippen LogP contribution in [0, 0.1) is 0 Å². The van der Waals surface area contributed by atoms with Crippen molar-refractivity contribution in [1.29, 1.82) is 0 Å². The smallest absolute Gasteiger partial charge is 0.227 e. The van der Waals surface area contributed by atoms with Gasteiger partial charge in [0.2, 0.25) is 17.7 Å². The normalized spacial score (nSPS) is 12.0. The zero-order valence-corrected chi connectivity index (χ0v) is 80.7. The van der Waals surface area contributed by atoms with E-state index in [1.807, 2.05) is 187 Å². The van der Waals surface area contributed by atoms with Gasteiger partial charge in [0, 0.05) is 165 Å². The minimum Gasteiger partial charge on any atom is -0.456 e. The van der Waals surface area contributed by atoms with E-state index in [1.165, 1.54) is 20.2 Å². The molecule has 0 aliphatic carbocycles. The fourth-order valence-corrected chi connectivity index (χ4v) is 23.7. The summed E-state index contributed by atoms with van der Waals surface area (Å²) >= 11 is 1.84. The molecule has 0 radical (unpaired) electrons. The fraction of sp³-hybridized carbons (Fsp3) is 0. The number of hydrogen-bond acceptors (Lipinski definition) is 15. The second-order valence-corrected chi connectivity index (χ2v) is 39.3. The van der Waals surface area contributed by atoms with Crippen molar-refractivity contribution in [2.24, 2.45) is 0 Å². The van der Waals surface area contributed by atoms with Gasteiger partial charge in [0.05, 0.1) is 5.69 Å². The number of fused-ring (bicyclic) bond motifs is 33. The van der Waals surface area contributed by atoms with Gasteiger partial charge in [-0.25, -0.2) is 15.0 Å². The molecule has 0 unspecified atom stereocenters. The van der Waals surface area contributed by atoms with Gasteiger partial charge in [0.25, 0.3) is 0 Å². The van der Waals surface area contributed by atoms with E-state index in [0.717, 1.165) is 276 Å². The van der Waals surface area contributed by atoms with Crippen molar-refractivity contribution >= 4 is 290 Å². The second kappa shape index (κ2) is 33.7. The third-order valence-electron chi connectivity index (χ3n) is 29.6. The van der Waals surface area contributed by atoms with Gasteiger partial charge >= 0.3 is 0 Å². The van der Waals surface area contributed by atoms with Crippen molar-refractivity contribution in [3.05, 3.63) is 473 Å². The van der Waals surface area contributed by atoms with E-state index < -0.39 is 0 Å². The number of furan rings is 5.